The quantitative estimate of drug-likeness (QED) is 0.766. The van der Waals surface area contributed by atoms with Crippen molar-refractivity contribution in [2.24, 2.45) is 4.99 Å². The highest BCUT2D eigenvalue weighted by molar-refractivity contribution is 5.95. The van der Waals surface area contributed by atoms with Gasteiger partial charge in [0.15, 0.2) is 0 Å². The summed E-state index contributed by atoms with van der Waals surface area (Å²) in [6.07, 6.45) is 7.52. The molecule has 0 spiro atoms. The number of fused-ring (bicyclic) bond motifs is 1. The Morgan fingerprint density at radius 1 is 1.15 bits per heavy atom. The van der Waals surface area contributed by atoms with Crippen LogP contribution in [-0.2, 0) is 6.42 Å². The number of hydrogen-bond donors (Lipinski definition) is 1. The Kier molecular flexibility index (Phi) is 6.17. The van der Waals surface area contributed by atoms with E-state index in [4.69, 9.17) is 14.8 Å². The fraction of sp³-hybridized carbons (Fsp3) is 0.435. The number of allylic oxidation sites excluding steroid dienone is 4. The van der Waals surface area contributed by atoms with Gasteiger partial charge in [-0.15, -0.1) is 0 Å². The number of benzene rings is 1. The van der Waals surface area contributed by atoms with Crippen LogP contribution in [0.3, 0.4) is 0 Å². The molecule has 0 aromatic heterocycles. The molecular weight excluding hydrogens is 336 g/mol. The molecule has 0 aliphatic carbocycles. The molecule has 0 bridgehead atoms. The third kappa shape index (κ3) is 4.16. The van der Waals surface area contributed by atoms with E-state index in [1.54, 1.807) is 0 Å². The van der Waals surface area contributed by atoms with Gasteiger partial charge >= 0.3 is 0 Å². The van der Waals surface area contributed by atoms with Crippen molar-refractivity contribution in [3.05, 3.63) is 64.6 Å². The molecule has 2 heterocycles. The zero-order valence-electron chi connectivity index (χ0n) is 16.8. The number of rotatable bonds is 7. The minimum absolute atomic E-state index is 0.0291. The Hall–Kier alpha value is -2.33. The first-order chi connectivity index (χ1) is 13.1. The molecule has 1 atom stereocenters. The van der Waals surface area contributed by atoms with Gasteiger partial charge in [0.2, 0.25) is 0 Å². The van der Waals surface area contributed by atoms with Crippen molar-refractivity contribution >= 4 is 5.71 Å². The highest BCUT2D eigenvalue weighted by Crippen LogP contribution is 2.37. The van der Waals surface area contributed by atoms with Gasteiger partial charge in [0.25, 0.3) is 0 Å². The Morgan fingerprint density at radius 3 is 2.52 bits per heavy atom. The number of nitrogens with zero attached hydrogens (tertiary/aromatic N) is 2. The first kappa shape index (κ1) is 19.4. The third-order valence-electron chi connectivity index (χ3n) is 5.15. The molecule has 1 aromatic rings. The van der Waals surface area contributed by atoms with Crippen molar-refractivity contribution in [1.29, 1.82) is 0 Å². The molecule has 144 valence electrons. The molecule has 1 unspecified atom stereocenters. The lowest BCUT2D eigenvalue weighted by molar-refractivity contribution is 0.201. The standard InChI is InChI=1S/C23H30N2O2/c1-5-19-15-20(6-2)25-17(4)13-16(3)24-23(25)22(19)14-18-7-9-21(10-8-18)27-12-11-26/h7-10,13,15,20,26H,5-6,11-12,14H2,1-4H3. The number of aliphatic imine (C=N–C) groups is 1. The predicted octanol–water partition coefficient (Wildman–Crippen LogP) is 4.62. The van der Waals surface area contributed by atoms with Crippen LogP contribution in [0.2, 0.25) is 0 Å². The van der Waals surface area contributed by atoms with Crippen LogP contribution in [0.15, 0.2) is 64.1 Å². The lowest BCUT2D eigenvalue weighted by Gasteiger charge is -2.40. The zero-order chi connectivity index (χ0) is 19.4. The van der Waals surface area contributed by atoms with E-state index in [0.29, 0.717) is 12.6 Å². The van der Waals surface area contributed by atoms with Gasteiger partial charge in [-0.05, 0) is 56.0 Å². The smallest absolute Gasteiger partial charge is 0.137 e. The lowest BCUT2D eigenvalue weighted by Crippen LogP contribution is -2.37. The Bertz CT molecular complexity index is 800. The highest BCUT2D eigenvalue weighted by Gasteiger charge is 2.30. The summed E-state index contributed by atoms with van der Waals surface area (Å²) in [7, 11) is 0. The minimum Gasteiger partial charge on any atom is -0.491 e. The maximum Gasteiger partial charge on any atom is 0.137 e. The molecule has 0 fully saturated rings. The summed E-state index contributed by atoms with van der Waals surface area (Å²) in [5, 5.41) is 8.89. The van der Waals surface area contributed by atoms with E-state index >= 15 is 0 Å². The van der Waals surface area contributed by atoms with Crippen molar-refractivity contribution in [3.63, 3.8) is 0 Å². The molecule has 1 N–H and O–H groups in total. The Labute approximate surface area is 162 Å². The average molecular weight is 367 g/mol. The second kappa shape index (κ2) is 8.57. The minimum atomic E-state index is 0.0291. The molecule has 0 saturated carbocycles. The summed E-state index contributed by atoms with van der Waals surface area (Å²) >= 11 is 0. The zero-order valence-corrected chi connectivity index (χ0v) is 16.8. The summed E-state index contributed by atoms with van der Waals surface area (Å²) in [6.45, 7) is 9.06. The van der Waals surface area contributed by atoms with Gasteiger partial charge in [0, 0.05) is 23.4 Å². The van der Waals surface area contributed by atoms with E-state index in [2.05, 4.69) is 56.9 Å². The van der Waals surface area contributed by atoms with Crippen LogP contribution in [0.5, 0.6) is 5.75 Å². The van der Waals surface area contributed by atoms with Crippen LogP contribution in [0.1, 0.15) is 46.1 Å². The summed E-state index contributed by atoms with van der Waals surface area (Å²) in [5.41, 5.74) is 6.29. The van der Waals surface area contributed by atoms with Crippen LogP contribution < -0.4 is 4.74 Å². The molecule has 0 saturated heterocycles. The average Bonchev–Trinajstić information content (AvgIpc) is 2.67. The number of hydrogen-bond acceptors (Lipinski definition) is 4. The van der Waals surface area contributed by atoms with E-state index in [0.717, 1.165) is 36.5 Å². The van der Waals surface area contributed by atoms with Gasteiger partial charge in [-0.25, -0.2) is 4.99 Å². The van der Waals surface area contributed by atoms with Crippen LogP contribution in [0.25, 0.3) is 0 Å². The summed E-state index contributed by atoms with van der Waals surface area (Å²) in [6, 6.07) is 8.53. The molecule has 27 heavy (non-hydrogen) atoms. The SMILES string of the molecule is CCC1=CC(CC)N2C(C)=CC(C)=NC2=C1Cc1ccc(OCCO)cc1. The molecular formula is C23H30N2O2. The highest BCUT2D eigenvalue weighted by atomic mass is 16.5. The second-order valence-corrected chi connectivity index (χ2v) is 7.12. The van der Waals surface area contributed by atoms with Crippen LogP contribution >= 0.6 is 0 Å². The number of aliphatic hydroxyl groups is 1. The Balaban J connectivity index is 1.94. The largest absolute Gasteiger partial charge is 0.491 e. The van der Waals surface area contributed by atoms with E-state index < -0.39 is 0 Å². The maximum atomic E-state index is 8.89. The molecule has 3 rings (SSSR count). The summed E-state index contributed by atoms with van der Waals surface area (Å²) in [4.78, 5) is 7.33. The fourth-order valence-electron chi connectivity index (χ4n) is 3.87. The van der Waals surface area contributed by atoms with Gasteiger partial charge in [-0.1, -0.05) is 32.1 Å². The molecule has 0 amide bonds. The first-order valence-electron chi connectivity index (χ1n) is 9.87. The third-order valence-corrected chi connectivity index (χ3v) is 5.15. The number of ether oxygens (including phenoxy) is 1. The molecule has 4 heteroatoms. The van der Waals surface area contributed by atoms with Gasteiger partial charge < -0.3 is 14.7 Å². The van der Waals surface area contributed by atoms with Crippen LogP contribution in [0.4, 0.5) is 0 Å². The monoisotopic (exact) mass is 366 g/mol. The molecule has 0 radical (unpaired) electrons. The summed E-state index contributed by atoms with van der Waals surface area (Å²) in [5.74, 6) is 1.90. The molecule has 2 aliphatic heterocycles. The maximum absolute atomic E-state index is 8.89. The van der Waals surface area contributed by atoms with Crippen molar-refractivity contribution in [3.8, 4) is 5.75 Å². The molecule has 4 nitrogen and oxygen atoms in total. The van der Waals surface area contributed by atoms with E-state index in [1.165, 1.54) is 22.4 Å². The van der Waals surface area contributed by atoms with Crippen molar-refractivity contribution in [2.45, 2.75) is 53.0 Å². The van der Waals surface area contributed by atoms with E-state index in [9.17, 15) is 0 Å². The normalized spacial score (nSPS) is 19.4. The van der Waals surface area contributed by atoms with Crippen molar-refractivity contribution < 1.29 is 9.84 Å². The van der Waals surface area contributed by atoms with E-state index in [-0.39, 0.29) is 6.61 Å². The summed E-state index contributed by atoms with van der Waals surface area (Å²) < 4.78 is 5.47. The second-order valence-electron chi connectivity index (χ2n) is 7.12. The lowest BCUT2D eigenvalue weighted by atomic mass is 9.89. The van der Waals surface area contributed by atoms with Crippen molar-refractivity contribution in [1.82, 2.24) is 4.90 Å². The van der Waals surface area contributed by atoms with Gasteiger partial charge in [0.1, 0.15) is 18.2 Å². The molecule has 1 aromatic carbocycles. The topological polar surface area (TPSA) is 45.1 Å². The van der Waals surface area contributed by atoms with Crippen LogP contribution in [-0.4, -0.2) is 35.0 Å². The molecule has 2 aliphatic rings. The fourth-order valence-corrected chi connectivity index (χ4v) is 3.87. The van der Waals surface area contributed by atoms with Gasteiger partial charge in [-0.3, -0.25) is 0 Å². The van der Waals surface area contributed by atoms with Gasteiger partial charge in [0.05, 0.1) is 12.6 Å². The van der Waals surface area contributed by atoms with E-state index in [1.807, 2.05) is 12.1 Å². The first-order valence-corrected chi connectivity index (χ1v) is 9.87. The number of aliphatic hydroxyl groups excluding tert-OH is 1. The van der Waals surface area contributed by atoms with Crippen LogP contribution in [0, 0.1) is 0 Å². The Morgan fingerprint density at radius 2 is 1.89 bits per heavy atom. The van der Waals surface area contributed by atoms with Crippen molar-refractivity contribution in [2.75, 3.05) is 13.2 Å². The van der Waals surface area contributed by atoms with Gasteiger partial charge in [-0.2, -0.15) is 0 Å². The predicted molar refractivity (Wildman–Crippen MR) is 111 cm³/mol.